The fourth-order valence-corrected chi connectivity index (χ4v) is 7.96. The van der Waals surface area contributed by atoms with Crippen LogP contribution in [0.4, 0.5) is 0 Å². The lowest BCUT2D eigenvalue weighted by molar-refractivity contribution is 0.0146. The molecule has 0 heterocycles. The maximum Gasteiger partial charge on any atom is 0.0692 e. The van der Waals surface area contributed by atoms with Gasteiger partial charge in [0.25, 0.3) is 0 Å². The number of hydrogen-bond donors (Lipinski definition) is 0. The Morgan fingerprint density at radius 1 is 0.656 bits per heavy atom. The zero-order valence-electron chi connectivity index (χ0n) is 21.9. The van der Waals surface area contributed by atoms with Gasteiger partial charge in [-0.25, -0.2) is 0 Å². The van der Waals surface area contributed by atoms with Gasteiger partial charge in [-0.05, 0) is 74.5 Å². The van der Waals surface area contributed by atoms with Crippen molar-refractivity contribution < 1.29 is 0 Å². The van der Waals surface area contributed by atoms with Crippen molar-refractivity contribution in [3.8, 4) is 6.07 Å². The average Bonchev–Trinajstić information content (AvgIpc) is 2.83. The molecule has 1 heteroatoms. The molecule has 0 aromatic heterocycles. The van der Waals surface area contributed by atoms with Crippen LogP contribution in [0, 0.1) is 46.3 Å². The zero-order chi connectivity index (χ0) is 22.7. The van der Waals surface area contributed by atoms with Crippen molar-refractivity contribution in [3.05, 3.63) is 0 Å². The maximum absolute atomic E-state index is 10.3. The fraction of sp³-hybridized carbons (Fsp3) is 0.968. The summed E-state index contributed by atoms with van der Waals surface area (Å²) in [5.74, 6) is 4.52. The Hall–Kier alpha value is -0.510. The largest absolute Gasteiger partial charge is 0.198 e. The second kappa shape index (κ2) is 14.0. The third-order valence-corrected chi connectivity index (χ3v) is 10.1. The van der Waals surface area contributed by atoms with E-state index >= 15 is 0 Å². The Morgan fingerprint density at radius 2 is 1.25 bits per heavy atom. The van der Waals surface area contributed by atoms with Gasteiger partial charge in [0, 0.05) is 0 Å². The van der Waals surface area contributed by atoms with Gasteiger partial charge in [-0.1, -0.05) is 110 Å². The molecule has 3 fully saturated rings. The minimum atomic E-state index is 0.0541. The molecule has 1 unspecified atom stereocenters. The molecular formula is C31H55N. The van der Waals surface area contributed by atoms with Gasteiger partial charge in [0.05, 0.1) is 11.5 Å². The molecule has 0 amide bonds. The molecule has 0 N–H and O–H groups in total. The van der Waals surface area contributed by atoms with E-state index in [2.05, 4.69) is 19.9 Å². The molecule has 3 rings (SSSR count). The molecule has 3 aliphatic rings. The van der Waals surface area contributed by atoms with Gasteiger partial charge in [-0.3, -0.25) is 0 Å². The first kappa shape index (κ1) is 26.1. The minimum absolute atomic E-state index is 0.0541. The van der Waals surface area contributed by atoms with Crippen molar-refractivity contribution >= 4 is 0 Å². The fourth-order valence-electron chi connectivity index (χ4n) is 7.96. The summed E-state index contributed by atoms with van der Waals surface area (Å²) in [6.45, 7) is 4.62. The Kier molecular flexibility index (Phi) is 11.4. The molecule has 3 aliphatic carbocycles. The highest BCUT2D eigenvalue weighted by Crippen LogP contribution is 2.56. The molecule has 0 saturated heterocycles. The molecule has 1 nitrogen and oxygen atoms in total. The van der Waals surface area contributed by atoms with Crippen LogP contribution in [-0.4, -0.2) is 0 Å². The second-order valence-electron chi connectivity index (χ2n) is 12.3. The van der Waals surface area contributed by atoms with E-state index in [0.717, 1.165) is 29.6 Å². The smallest absolute Gasteiger partial charge is 0.0692 e. The third kappa shape index (κ3) is 7.50. The van der Waals surface area contributed by atoms with Gasteiger partial charge in [0.15, 0.2) is 0 Å². The van der Waals surface area contributed by atoms with E-state index in [-0.39, 0.29) is 5.41 Å². The van der Waals surface area contributed by atoms with Crippen LogP contribution in [0.15, 0.2) is 0 Å². The lowest BCUT2D eigenvalue weighted by Gasteiger charge is -2.50. The number of nitriles is 1. The molecule has 3 saturated carbocycles. The standard InChI is InChI=1S/C31H55N/c1-3-5-7-9-11-13-26-15-18-28(19-16-26)29-21-22-31(25-32)24-27(17-20-30(31)23-29)14-12-10-8-6-4-2/h26-30H,3-24H2,1-2H3/t26?,27-,28?,29?,30-,31-/m1/s1. The molecule has 0 aromatic carbocycles. The number of rotatable bonds is 13. The summed E-state index contributed by atoms with van der Waals surface area (Å²) in [4.78, 5) is 0. The zero-order valence-corrected chi connectivity index (χ0v) is 21.9. The number of fused-ring (bicyclic) bond motifs is 1. The van der Waals surface area contributed by atoms with Crippen LogP contribution in [-0.2, 0) is 0 Å². The number of hydrogen-bond acceptors (Lipinski definition) is 1. The Morgan fingerprint density at radius 3 is 1.88 bits per heavy atom. The molecule has 184 valence electrons. The van der Waals surface area contributed by atoms with Crippen LogP contribution in [0.5, 0.6) is 0 Å². The van der Waals surface area contributed by atoms with E-state index in [4.69, 9.17) is 0 Å². The van der Waals surface area contributed by atoms with E-state index in [1.807, 2.05) is 0 Å². The molecule has 0 aromatic rings. The normalized spacial score (nSPS) is 35.2. The Labute approximate surface area is 201 Å². The summed E-state index contributed by atoms with van der Waals surface area (Å²) in [7, 11) is 0. The molecule has 4 atom stereocenters. The van der Waals surface area contributed by atoms with E-state index < -0.39 is 0 Å². The third-order valence-electron chi connectivity index (χ3n) is 10.1. The van der Waals surface area contributed by atoms with Gasteiger partial charge in [0.1, 0.15) is 0 Å². The van der Waals surface area contributed by atoms with Crippen LogP contribution in [0.25, 0.3) is 0 Å². The first-order valence-corrected chi connectivity index (χ1v) is 15.1. The first-order valence-electron chi connectivity index (χ1n) is 15.1. The highest BCUT2D eigenvalue weighted by molar-refractivity contribution is 5.09. The van der Waals surface area contributed by atoms with Crippen LogP contribution < -0.4 is 0 Å². The summed E-state index contributed by atoms with van der Waals surface area (Å²) in [5.41, 5.74) is 0.0541. The van der Waals surface area contributed by atoms with Crippen molar-refractivity contribution in [1.29, 1.82) is 5.26 Å². The lowest BCUT2D eigenvalue weighted by atomic mass is 9.53. The SMILES string of the molecule is CCCCCCCC1CCC(C2CC[C@]3(C#N)C[C@H](CCCCCCC)CC[C@@H]3C2)CC1. The van der Waals surface area contributed by atoms with Crippen molar-refractivity contribution in [2.24, 2.45) is 35.0 Å². The van der Waals surface area contributed by atoms with Gasteiger partial charge >= 0.3 is 0 Å². The van der Waals surface area contributed by atoms with E-state index in [1.165, 1.54) is 141 Å². The molecular weight excluding hydrogens is 386 g/mol. The molecule has 0 bridgehead atoms. The summed E-state index contributed by atoms with van der Waals surface area (Å²) in [6.07, 6.45) is 31.0. The average molecular weight is 442 g/mol. The molecule has 0 spiro atoms. The summed E-state index contributed by atoms with van der Waals surface area (Å²) in [6, 6.07) is 2.93. The van der Waals surface area contributed by atoms with Crippen molar-refractivity contribution in [1.82, 2.24) is 0 Å². The lowest BCUT2D eigenvalue weighted by Crippen LogP contribution is -2.42. The van der Waals surface area contributed by atoms with Crippen LogP contribution >= 0.6 is 0 Å². The quantitative estimate of drug-likeness (QED) is 0.261. The molecule has 0 radical (unpaired) electrons. The predicted octanol–water partition coefficient (Wildman–Crippen LogP) is 10.2. The van der Waals surface area contributed by atoms with Crippen LogP contribution in [0.2, 0.25) is 0 Å². The summed E-state index contributed by atoms with van der Waals surface area (Å²) < 4.78 is 0. The summed E-state index contributed by atoms with van der Waals surface area (Å²) >= 11 is 0. The van der Waals surface area contributed by atoms with Crippen molar-refractivity contribution in [2.45, 2.75) is 155 Å². The Bertz CT molecular complexity index is 539. The highest BCUT2D eigenvalue weighted by atomic mass is 14.5. The predicted molar refractivity (Wildman–Crippen MR) is 138 cm³/mol. The van der Waals surface area contributed by atoms with E-state index in [0.29, 0.717) is 0 Å². The van der Waals surface area contributed by atoms with Gasteiger partial charge in [-0.15, -0.1) is 0 Å². The topological polar surface area (TPSA) is 23.8 Å². The minimum Gasteiger partial charge on any atom is -0.198 e. The molecule has 32 heavy (non-hydrogen) atoms. The Balaban J connectivity index is 1.38. The summed E-state index contributed by atoms with van der Waals surface area (Å²) in [5, 5.41) is 10.3. The van der Waals surface area contributed by atoms with Crippen molar-refractivity contribution in [2.75, 3.05) is 0 Å². The van der Waals surface area contributed by atoms with Gasteiger partial charge in [-0.2, -0.15) is 5.26 Å². The second-order valence-corrected chi connectivity index (χ2v) is 12.3. The van der Waals surface area contributed by atoms with E-state index in [1.54, 1.807) is 0 Å². The van der Waals surface area contributed by atoms with Gasteiger partial charge < -0.3 is 0 Å². The number of nitrogens with zero attached hydrogens (tertiary/aromatic N) is 1. The number of unbranched alkanes of at least 4 members (excludes halogenated alkanes) is 8. The van der Waals surface area contributed by atoms with Crippen molar-refractivity contribution in [3.63, 3.8) is 0 Å². The van der Waals surface area contributed by atoms with Crippen LogP contribution in [0.3, 0.4) is 0 Å². The van der Waals surface area contributed by atoms with Gasteiger partial charge in [0.2, 0.25) is 0 Å². The van der Waals surface area contributed by atoms with Crippen LogP contribution in [0.1, 0.15) is 155 Å². The first-order chi connectivity index (χ1) is 15.7. The highest BCUT2D eigenvalue weighted by Gasteiger charge is 2.48. The maximum atomic E-state index is 10.3. The molecule has 0 aliphatic heterocycles. The van der Waals surface area contributed by atoms with E-state index in [9.17, 15) is 5.26 Å². The monoisotopic (exact) mass is 441 g/mol.